The normalized spacial score (nSPS) is 15.0. The molecule has 0 spiro atoms. The van der Waals surface area contributed by atoms with Crippen molar-refractivity contribution in [1.29, 1.82) is 0 Å². The van der Waals surface area contributed by atoms with Gasteiger partial charge in [-0.05, 0) is 29.6 Å². The van der Waals surface area contributed by atoms with Crippen molar-refractivity contribution >= 4 is 38.7 Å². The highest BCUT2D eigenvalue weighted by atomic mass is 32.2. The van der Waals surface area contributed by atoms with Gasteiger partial charge in [0.2, 0.25) is 0 Å². The molecule has 1 aliphatic rings. The highest BCUT2D eigenvalue weighted by molar-refractivity contribution is 7.94. The number of sulfonamides is 1. The van der Waals surface area contributed by atoms with Gasteiger partial charge in [0, 0.05) is 18.8 Å². The number of ether oxygens (including phenoxy) is 2. The van der Waals surface area contributed by atoms with Gasteiger partial charge in [0.1, 0.15) is 4.21 Å². The second-order valence-corrected chi connectivity index (χ2v) is 8.22. The van der Waals surface area contributed by atoms with Crippen LogP contribution in [0.1, 0.15) is 10.4 Å². The number of thiophene rings is 1. The number of benzene rings is 1. The number of hydrogen-bond acceptors (Lipinski definition) is 7. The first-order valence-electron chi connectivity index (χ1n) is 7.62. The molecule has 9 heteroatoms. The number of morpholine rings is 1. The Kier molecular flexibility index (Phi) is 5.26. The zero-order chi connectivity index (χ0) is 17.9. The summed E-state index contributed by atoms with van der Waals surface area (Å²) in [6.07, 6.45) is 0. The molecular weight excluding hydrogens is 364 g/mol. The van der Waals surface area contributed by atoms with E-state index in [1.807, 2.05) is 0 Å². The summed E-state index contributed by atoms with van der Waals surface area (Å²) in [6, 6.07) is 8.17. The SMILES string of the molecule is COC(=O)c1cc(N2CCOCC2)ccc1NS(=O)(=O)c1cccs1. The fraction of sp³-hybridized carbons (Fsp3) is 0.312. The van der Waals surface area contributed by atoms with Gasteiger partial charge in [-0.3, -0.25) is 4.72 Å². The van der Waals surface area contributed by atoms with Crippen LogP contribution >= 0.6 is 11.3 Å². The number of rotatable bonds is 5. The van der Waals surface area contributed by atoms with E-state index in [0.717, 1.165) is 17.0 Å². The molecule has 1 aromatic carbocycles. The van der Waals surface area contributed by atoms with E-state index in [1.165, 1.54) is 13.2 Å². The zero-order valence-electron chi connectivity index (χ0n) is 13.6. The van der Waals surface area contributed by atoms with E-state index in [2.05, 4.69) is 9.62 Å². The second-order valence-electron chi connectivity index (χ2n) is 5.36. The van der Waals surface area contributed by atoms with Crippen molar-refractivity contribution in [3.8, 4) is 0 Å². The van der Waals surface area contributed by atoms with Crippen molar-refractivity contribution in [2.45, 2.75) is 4.21 Å². The fourth-order valence-corrected chi connectivity index (χ4v) is 4.60. The van der Waals surface area contributed by atoms with Gasteiger partial charge in [-0.15, -0.1) is 11.3 Å². The van der Waals surface area contributed by atoms with Crippen molar-refractivity contribution in [2.75, 3.05) is 43.0 Å². The predicted octanol–water partition coefficient (Wildman–Crippen LogP) is 2.17. The Balaban J connectivity index is 1.94. The molecule has 0 atom stereocenters. The average Bonchev–Trinajstić information content (AvgIpc) is 3.17. The van der Waals surface area contributed by atoms with E-state index in [0.29, 0.717) is 26.3 Å². The molecule has 0 amide bonds. The van der Waals surface area contributed by atoms with Gasteiger partial charge >= 0.3 is 5.97 Å². The maximum absolute atomic E-state index is 12.4. The minimum absolute atomic E-state index is 0.173. The Morgan fingerprint density at radius 1 is 1.28 bits per heavy atom. The fourth-order valence-electron chi connectivity index (χ4n) is 2.53. The average molecular weight is 382 g/mol. The van der Waals surface area contributed by atoms with Crippen molar-refractivity contribution in [2.24, 2.45) is 0 Å². The maximum atomic E-state index is 12.4. The summed E-state index contributed by atoms with van der Waals surface area (Å²) in [5.41, 5.74) is 1.19. The second kappa shape index (κ2) is 7.42. The van der Waals surface area contributed by atoms with Crippen LogP contribution in [0.2, 0.25) is 0 Å². The van der Waals surface area contributed by atoms with Crippen LogP contribution in [0.3, 0.4) is 0 Å². The standard InChI is InChI=1S/C16H18N2O5S2/c1-22-16(19)13-11-12(18-6-8-23-9-7-18)4-5-14(13)17-25(20,21)15-3-2-10-24-15/h2-5,10-11,17H,6-9H2,1H3. The molecule has 1 fully saturated rings. The number of carbonyl (C=O) groups is 1. The number of nitrogens with one attached hydrogen (secondary N) is 1. The number of anilines is 2. The van der Waals surface area contributed by atoms with Crippen LogP contribution in [-0.2, 0) is 19.5 Å². The molecule has 2 heterocycles. The molecule has 1 N–H and O–H groups in total. The van der Waals surface area contributed by atoms with Gasteiger partial charge in [-0.2, -0.15) is 0 Å². The first-order valence-corrected chi connectivity index (χ1v) is 9.99. The van der Waals surface area contributed by atoms with Crippen LogP contribution in [-0.4, -0.2) is 47.8 Å². The Bertz CT molecular complexity index is 843. The molecular formula is C16H18N2O5S2. The Labute approximate surface area is 150 Å². The van der Waals surface area contributed by atoms with Crippen molar-refractivity contribution in [3.05, 3.63) is 41.3 Å². The van der Waals surface area contributed by atoms with Gasteiger partial charge in [-0.25, -0.2) is 13.2 Å². The highest BCUT2D eigenvalue weighted by Gasteiger charge is 2.22. The third kappa shape index (κ3) is 3.94. The first-order chi connectivity index (χ1) is 12.0. The molecule has 1 saturated heterocycles. The molecule has 25 heavy (non-hydrogen) atoms. The highest BCUT2D eigenvalue weighted by Crippen LogP contribution is 2.28. The van der Waals surface area contributed by atoms with E-state index in [9.17, 15) is 13.2 Å². The molecule has 1 aliphatic heterocycles. The molecule has 0 bridgehead atoms. The third-order valence-corrected chi connectivity index (χ3v) is 6.55. The lowest BCUT2D eigenvalue weighted by Crippen LogP contribution is -2.36. The maximum Gasteiger partial charge on any atom is 0.340 e. The molecule has 0 saturated carbocycles. The molecule has 1 aromatic heterocycles. The Morgan fingerprint density at radius 2 is 2.04 bits per heavy atom. The number of nitrogens with zero attached hydrogens (tertiary/aromatic N) is 1. The number of esters is 1. The monoisotopic (exact) mass is 382 g/mol. The summed E-state index contributed by atoms with van der Waals surface area (Å²) in [5, 5.41) is 1.68. The van der Waals surface area contributed by atoms with Gasteiger partial charge in [0.05, 0.1) is 31.6 Å². The Hall–Kier alpha value is -2.10. The van der Waals surface area contributed by atoms with E-state index < -0.39 is 16.0 Å². The van der Waals surface area contributed by atoms with Gasteiger partial charge in [0.25, 0.3) is 10.0 Å². The minimum atomic E-state index is -3.74. The van der Waals surface area contributed by atoms with Crippen LogP contribution in [0.15, 0.2) is 39.9 Å². The minimum Gasteiger partial charge on any atom is -0.465 e. The molecule has 0 radical (unpaired) electrons. The third-order valence-electron chi connectivity index (χ3n) is 3.79. The molecule has 0 aliphatic carbocycles. The van der Waals surface area contributed by atoms with Gasteiger partial charge in [-0.1, -0.05) is 6.07 Å². The first kappa shape index (κ1) is 17.7. The summed E-state index contributed by atoms with van der Waals surface area (Å²) in [7, 11) is -2.48. The molecule has 0 unspecified atom stereocenters. The van der Waals surface area contributed by atoms with Crippen LogP contribution in [0.5, 0.6) is 0 Å². The Morgan fingerprint density at radius 3 is 2.68 bits per heavy atom. The topological polar surface area (TPSA) is 84.9 Å². The molecule has 134 valence electrons. The van der Waals surface area contributed by atoms with E-state index in [-0.39, 0.29) is 15.5 Å². The largest absolute Gasteiger partial charge is 0.465 e. The number of hydrogen-bond donors (Lipinski definition) is 1. The van der Waals surface area contributed by atoms with Crippen molar-refractivity contribution in [3.63, 3.8) is 0 Å². The summed E-state index contributed by atoms with van der Waals surface area (Å²) < 4.78 is 37.7. The quantitative estimate of drug-likeness (QED) is 0.798. The van der Waals surface area contributed by atoms with Crippen LogP contribution in [0, 0.1) is 0 Å². The van der Waals surface area contributed by atoms with Crippen LogP contribution in [0.4, 0.5) is 11.4 Å². The van der Waals surface area contributed by atoms with E-state index in [1.54, 1.807) is 29.6 Å². The predicted molar refractivity (Wildman–Crippen MR) is 95.9 cm³/mol. The van der Waals surface area contributed by atoms with Gasteiger partial charge in [0.15, 0.2) is 0 Å². The lowest BCUT2D eigenvalue weighted by Gasteiger charge is -2.29. The summed E-state index contributed by atoms with van der Waals surface area (Å²) >= 11 is 1.11. The summed E-state index contributed by atoms with van der Waals surface area (Å²) in [5.74, 6) is -0.598. The summed E-state index contributed by atoms with van der Waals surface area (Å²) in [6.45, 7) is 2.64. The van der Waals surface area contributed by atoms with Crippen LogP contribution < -0.4 is 9.62 Å². The summed E-state index contributed by atoms with van der Waals surface area (Å²) in [4.78, 5) is 14.2. The number of carbonyl (C=O) groups excluding carboxylic acids is 1. The van der Waals surface area contributed by atoms with Crippen LogP contribution in [0.25, 0.3) is 0 Å². The smallest absolute Gasteiger partial charge is 0.340 e. The van der Waals surface area contributed by atoms with Crippen molar-refractivity contribution < 1.29 is 22.7 Å². The molecule has 7 nitrogen and oxygen atoms in total. The van der Waals surface area contributed by atoms with E-state index >= 15 is 0 Å². The van der Waals surface area contributed by atoms with Gasteiger partial charge < -0.3 is 14.4 Å². The van der Waals surface area contributed by atoms with E-state index in [4.69, 9.17) is 9.47 Å². The molecule has 3 rings (SSSR count). The molecule has 2 aromatic rings. The lowest BCUT2D eigenvalue weighted by molar-refractivity contribution is 0.0602. The zero-order valence-corrected chi connectivity index (χ0v) is 15.2. The number of methoxy groups -OCH3 is 1. The van der Waals surface area contributed by atoms with Crippen molar-refractivity contribution in [1.82, 2.24) is 0 Å². The lowest BCUT2D eigenvalue weighted by atomic mass is 10.1.